The van der Waals surface area contributed by atoms with Crippen LogP contribution in [-0.4, -0.2) is 54.2 Å². The van der Waals surface area contributed by atoms with Crippen molar-refractivity contribution >= 4 is 34.4 Å². The van der Waals surface area contributed by atoms with Gasteiger partial charge < -0.3 is 25.7 Å². The van der Waals surface area contributed by atoms with E-state index in [2.05, 4.69) is 20.9 Å². The van der Waals surface area contributed by atoms with E-state index < -0.39 is 35.6 Å². The van der Waals surface area contributed by atoms with Crippen molar-refractivity contribution in [3.05, 3.63) is 30.0 Å². The standard InChI is InChI=1S/C25H29N5O5/c1-35-22-6-2-5-17-16(22)12-20(28-17)25(34)30-19(10-14-7-8-14)24(33)29-18(21(31)13-26)11-15-4-3-9-27-23(15)32/h2,5-6,12,14-15,18-19,28H,3-4,7-11H2,1H3,(H,27,32)(H,29,33)(H,30,34)/t15-,18-,19-/m0/s1. The number of nitrogens with zero attached hydrogens (tertiary/aromatic N) is 1. The Labute approximate surface area is 202 Å². The van der Waals surface area contributed by atoms with Crippen molar-refractivity contribution in [3.8, 4) is 11.8 Å². The van der Waals surface area contributed by atoms with E-state index in [1.54, 1.807) is 25.3 Å². The highest BCUT2D eigenvalue weighted by atomic mass is 16.5. The first-order valence-corrected chi connectivity index (χ1v) is 11.9. The average molecular weight is 480 g/mol. The Bertz CT molecular complexity index is 1180. The molecular weight excluding hydrogens is 450 g/mol. The van der Waals surface area contributed by atoms with E-state index in [1.807, 2.05) is 12.1 Å². The Balaban J connectivity index is 1.48. The lowest BCUT2D eigenvalue weighted by atomic mass is 9.90. The molecule has 0 unspecified atom stereocenters. The minimum absolute atomic E-state index is 0.0515. The monoisotopic (exact) mass is 479 g/mol. The molecule has 0 spiro atoms. The fourth-order valence-electron chi connectivity index (χ4n) is 4.51. The molecule has 1 aromatic heterocycles. The van der Waals surface area contributed by atoms with Gasteiger partial charge in [-0.1, -0.05) is 18.9 Å². The first-order valence-electron chi connectivity index (χ1n) is 11.9. The Morgan fingerprint density at radius 2 is 1.97 bits per heavy atom. The smallest absolute Gasteiger partial charge is 0.268 e. The van der Waals surface area contributed by atoms with Crippen molar-refractivity contribution in [2.45, 2.75) is 50.6 Å². The predicted octanol–water partition coefficient (Wildman–Crippen LogP) is 1.57. The summed E-state index contributed by atoms with van der Waals surface area (Å²) in [6.45, 7) is 0.577. The summed E-state index contributed by atoms with van der Waals surface area (Å²) in [4.78, 5) is 53.7. The number of aromatic nitrogens is 1. The van der Waals surface area contributed by atoms with E-state index >= 15 is 0 Å². The molecule has 2 aliphatic rings. The lowest BCUT2D eigenvalue weighted by Gasteiger charge is -2.26. The molecule has 0 bridgehead atoms. The van der Waals surface area contributed by atoms with Gasteiger partial charge in [0, 0.05) is 23.4 Å². The third-order valence-corrected chi connectivity index (χ3v) is 6.64. The van der Waals surface area contributed by atoms with Gasteiger partial charge >= 0.3 is 0 Å². The van der Waals surface area contributed by atoms with E-state index in [0.29, 0.717) is 31.1 Å². The average Bonchev–Trinajstić information content (AvgIpc) is 3.57. The Morgan fingerprint density at radius 1 is 1.17 bits per heavy atom. The minimum Gasteiger partial charge on any atom is -0.496 e. The molecule has 1 saturated carbocycles. The minimum atomic E-state index is -1.11. The zero-order chi connectivity index (χ0) is 24.9. The maximum atomic E-state index is 13.2. The number of nitriles is 1. The number of H-pyrrole nitrogens is 1. The third-order valence-electron chi connectivity index (χ3n) is 6.64. The molecule has 10 heteroatoms. The number of carbonyl (C=O) groups is 4. The van der Waals surface area contributed by atoms with Gasteiger partial charge in [-0.3, -0.25) is 19.2 Å². The fraction of sp³-hybridized carbons (Fsp3) is 0.480. The number of Topliss-reactive ketones (excluding diaryl/α,β-unsaturated/α-hetero) is 1. The van der Waals surface area contributed by atoms with E-state index in [-0.39, 0.29) is 18.0 Å². The molecule has 3 amide bonds. The van der Waals surface area contributed by atoms with Crippen LogP contribution in [0.3, 0.4) is 0 Å². The number of aromatic amines is 1. The number of nitrogens with one attached hydrogen (secondary N) is 4. The second-order valence-electron chi connectivity index (χ2n) is 9.21. The number of hydrogen-bond donors (Lipinski definition) is 4. The van der Waals surface area contributed by atoms with Crippen molar-refractivity contribution in [1.82, 2.24) is 20.9 Å². The summed E-state index contributed by atoms with van der Waals surface area (Å²) in [5, 5.41) is 18.1. The van der Waals surface area contributed by atoms with Crippen LogP contribution in [0.25, 0.3) is 10.9 Å². The van der Waals surface area contributed by atoms with Gasteiger partial charge in [-0.05, 0) is 49.8 Å². The quantitative estimate of drug-likeness (QED) is 0.380. The summed E-state index contributed by atoms with van der Waals surface area (Å²) in [6.07, 6.45) is 3.77. The first-order chi connectivity index (χ1) is 16.9. The lowest BCUT2D eigenvalue weighted by Crippen LogP contribution is -2.53. The molecule has 184 valence electrons. The van der Waals surface area contributed by atoms with Gasteiger partial charge in [0.25, 0.3) is 11.7 Å². The molecule has 10 nitrogen and oxygen atoms in total. The number of rotatable bonds is 10. The summed E-state index contributed by atoms with van der Waals surface area (Å²) >= 11 is 0. The van der Waals surface area contributed by atoms with Crippen molar-refractivity contribution in [1.29, 1.82) is 5.26 Å². The van der Waals surface area contributed by atoms with Crippen LogP contribution in [-0.2, 0) is 14.4 Å². The predicted molar refractivity (Wildman–Crippen MR) is 126 cm³/mol. The van der Waals surface area contributed by atoms with E-state index in [9.17, 15) is 24.4 Å². The summed E-state index contributed by atoms with van der Waals surface area (Å²) in [7, 11) is 1.55. The molecule has 2 fully saturated rings. The molecule has 1 saturated heterocycles. The Hall–Kier alpha value is -3.87. The number of ketones is 1. The summed E-state index contributed by atoms with van der Waals surface area (Å²) in [6, 6.07) is 6.67. The first kappa shape index (κ1) is 24.3. The van der Waals surface area contributed by atoms with Crippen molar-refractivity contribution in [2.24, 2.45) is 11.8 Å². The molecule has 2 aromatic rings. The van der Waals surface area contributed by atoms with E-state index in [4.69, 9.17) is 4.74 Å². The number of ether oxygens (including phenoxy) is 1. The highest BCUT2D eigenvalue weighted by Gasteiger charge is 2.35. The van der Waals surface area contributed by atoms with Crippen LogP contribution in [0.15, 0.2) is 24.3 Å². The Morgan fingerprint density at radius 3 is 2.66 bits per heavy atom. The van der Waals surface area contributed by atoms with Gasteiger partial charge in [0.15, 0.2) is 0 Å². The maximum absolute atomic E-state index is 13.2. The molecule has 35 heavy (non-hydrogen) atoms. The second-order valence-corrected chi connectivity index (χ2v) is 9.21. The number of amides is 3. The lowest BCUT2D eigenvalue weighted by molar-refractivity contribution is -0.130. The molecule has 4 rings (SSSR count). The Kier molecular flexibility index (Phi) is 7.34. The zero-order valence-electron chi connectivity index (χ0n) is 19.6. The largest absolute Gasteiger partial charge is 0.496 e. The molecular formula is C25H29N5O5. The molecule has 4 N–H and O–H groups in total. The number of fused-ring (bicyclic) bond motifs is 1. The van der Waals surface area contributed by atoms with Gasteiger partial charge in [0.05, 0.1) is 7.11 Å². The van der Waals surface area contributed by atoms with Crippen LogP contribution in [0.2, 0.25) is 0 Å². The molecule has 2 heterocycles. The normalized spacial score (nSPS) is 19.2. The van der Waals surface area contributed by atoms with Crippen molar-refractivity contribution < 1.29 is 23.9 Å². The number of methoxy groups -OCH3 is 1. The SMILES string of the molecule is COc1cccc2[nH]c(C(=O)N[C@@H](CC3CC3)C(=O)N[C@@H](C[C@@H]3CCCNC3=O)C(=O)C#N)cc12. The van der Waals surface area contributed by atoms with E-state index in [1.165, 1.54) is 0 Å². The van der Waals surface area contributed by atoms with Gasteiger partial charge in [0.2, 0.25) is 11.8 Å². The topological polar surface area (TPSA) is 153 Å². The van der Waals surface area contributed by atoms with Crippen LogP contribution in [0.4, 0.5) is 0 Å². The highest BCUT2D eigenvalue weighted by Crippen LogP contribution is 2.34. The van der Waals surface area contributed by atoms with Crippen LogP contribution >= 0.6 is 0 Å². The number of carbonyl (C=O) groups excluding carboxylic acids is 4. The summed E-state index contributed by atoms with van der Waals surface area (Å²) in [5.74, 6) is -1.51. The van der Waals surface area contributed by atoms with Gasteiger partial charge in [-0.2, -0.15) is 5.26 Å². The molecule has 1 aromatic carbocycles. The van der Waals surface area contributed by atoms with Crippen LogP contribution in [0.5, 0.6) is 5.75 Å². The molecule has 1 aliphatic carbocycles. The zero-order valence-corrected chi connectivity index (χ0v) is 19.6. The molecule has 1 aliphatic heterocycles. The molecule has 3 atom stereocenters. The summed E-state index contributed by atoms with van der Waals surface area (Å²) < 4.78 is 5.34. The van der Waals surface area contributed by atoms with Crippen LogP contribution in [0, 0.1) is 23.2 Å². The van der Waals surface area contributed by atoms with Crippen LogP contribution in [0.1, 0.15) is 49.0 Å². The highest BCUT2D eigenvalue weighted by molar-refractivity contribution is 6.03. The number of hydrogen-bond acceptors (Lipinski definition) is 6. The van der Waals surface area contributed by atoms with Crippen molar-refractivity contribution in [2.75, 3.05) is 13.7 Å². The van der Waals surface area contributed by atoms with Gasteiger partial charge in [-0.25, -0.2) is 0 Å². The number of benzene rings is 1. The maximum Gasteiger partial charge on any atom is 0.268 e. The van der Waals surface area contributed by atoms with E-state index in [0.717, 1.165) is 30.2 Å². The van der Waals surface area contributed by atoms with Gasteiger partial charge in [0.1, 0.15) is 29.6 Å². The third kappa shape index (κ3) is 5.80. The summed E-state index contributed by atoms with van der Waals surface area (Å²) in [5.41, 5.74) is 1.00. The number of piperidine rings is 1. The van der Waals surface area contributed by atoms with Crippen LogP contribution < -0.4 is 20.7 Å². The van der Waals surface area contributed by atoms with Gasteiger partial charge in [-0.15, -0.1) is 0 Å². The second kappa shape index (κ2) is 10.6. The fourth-order valence-corrected chi connectivity index (χ4v) is 4.51. The molecule has 0 radical (unpaired) electrons. The van der Waals surface area contributed by atoms with Crippen molar-refractivity contribution in [3.63, 3.8) is 0 Å².